The molecule has 0 amide bonds. The number of nitrogens with zero attached hydrogens (tertiary/aromatic N) is 1. The lowest BCUT2D eigenvalue weighted by Crippen LogP contribution is -2.41. The maximum absolute atomic E-state index is 12.7. The van der Waals surface area contributed by atoms with Gasteiger partial charge in [-0.1, -0.05) is 56.8 Å². The highest BCUT2D eigenvalue weighted by Crippen LogP contribution is 2.23. The average molecular weight is 330 g/mol. The molecule has 21 heavy (non-hydrogen) atoms. The molecule has 0 aliphatic heterocycles. The highest BCUT2D eigenvalue weighted by Gasteiger charge is 2.24. The fourth-order valence-corrected chi connectivity index (χ4v) is 3.02. The summed E-state index contributed by atoms with van der Waals surface area (Å²) in [4.78, 5) is 14.9. The Morgan fingerprint density at radius 2 is 1.81 bits per heavy atom. The van der Waals surface area contributed by atoms with Crippen LogP contribution in [0.25, 0.3) is 0 Å². The van der Waals surface area contributed by atoms with Gasteiger partial charge in [0.2, 0.25) is 0 Å². The molecule has 2 nitrogen and oxygen atoms in total. The summed E-state index contributed by atoms with van der Waals surface area (Å²) in [5.74, 6) is 0.686. The Morgan fingerprint density at radius 3 is 2.29 bits per heavy atom. The lowest BCUT2D eigenvalue weighted by molar-refractivity contribution is 0.0819. The number of carbonyl (C=O) groups excluding carboxylic acids is 1. The van der Waals surface area contributed by atoms with E-state index in [0.29, 0.717) is 21.5 Å². The van der Waals surface area contributed by atoms with Crippen LogP contribution in [0, 0.1) is 5.92 Å². The molecule has 1 rings (SSSR count). The van der Waals surface area contributed by atoms with Crippen LogP contribution in [0.5, 0.6) is 0 Å². The van der Waals surface area contributed by atoms with Crippen LogP contribution in [0.2, 0.25) is 10.0 Å². The van der Waals surface area contributed by atoms with E-state index in [1.54, 1.807) is 18.2 Å². The highest BCUT2D eigenvalue weighted by atomic mass is 35.5. The second kappa shape index (κ2) is 8.77. The molecular formula is C17H25Cl2NO. The number of Topliss-reactive ketones (excluding diaryl/α,β-unsaturated/α-hetero) is 1. The normalized spacial score (nSPS) is 13.0. The fraction of sp³-hybridized carbons (Fsp3) is 0.588. The first-order valence-electron chi connectivity index (χ1n) is 7.67. The van der Waals surface area contributed by atoms with Gasteiger partial charge in [-0.15, -0.1) is 0 Å². The van der Waals surface area contributed by atoms with Crippen molar-refractivity contribution in [3.63, 3.8) is 0 Å². The zero-order valence-corrected chi connectivity index (χ0v) is 14.8. The van der Waals surface area contributed by atoms with Crippen molar-refractivity contribution in [3.8, 4) is 0 Å². The summed E-state index contributed by atoms with van der Waals surface area (Å²) < 4.78 is 0. The maximum Gasteiger partial charge on any atom is 0.181 e. The highest BCUT2D eigenvalue weighted by molar-refractivity contribution is 6.37. The van der Waals surface area contributed by atoms with Gasteiger partial charge in [-0.25, -0.2) is 0 Å². The van der Waals surface area contributed by atoms with Crippen molar-refractivity contribution < 1.29 is 4.79 Å². The van der Waals surface area contributed by atoms with E-state index in [2.05, 4.69) is 25.7 Å². The lowest BCUT2D eigenvalue weighted by atomic mass is 9.99. The van der Waals surface area contributed by atoms with Gasteiger partial charge in [0, 0.05) is 17.1 Å². The zero-order chi connectivity index (χ0) is 16.0. The summed E-state index contributed by atoms with van der Waals surface area (Å²) >= 11 is 12.0. The van der Waals surface area contributed by atoms with Gasteiger partial charge in [0.15, 0.2) is 5.78 Å². The van der Waals surface area contributed by atoms with Gasteiger partial charge in [-0.05, 0) is 37.6 Å². The minimum atomic E-state index is -0.172. The van der Waals surface area contributed by atoms with Crippen molar-refractivity contribution in [2.45, 2.75) is 46.6 Å². The quantitative estimate of drug-likeness (QED) is 0.601. The van der Waals surface area contributed by atoms with E-state index < -0.39 is 0 Å². The third-order valence-corrected chi connectivity index (χ3v) is 4.73. The molecule has 1 unspecified atom stereocenters. The predicted octanol–water partition coefficient (Wildman–Crippen LogP) is 5.32. The van der Waals surface area contributed by atoms with E-state index in [1.165, 1.54) is 0 Å². The fourth-order valence-electron chi connectivity index (χ4n) is 2.52. The van der Waals surface area contributed by atoms with Crippen LogP contribution >= 0.6 is 23.2 Å². The van der Waals surface area contributed by atoms with Crippen molar-refractivity contribution >= 4 is 29.0 Å². The second-order valence-corrected chi connectivity index (χ2v) is 6.28. The van der Waals surface area contributed by atoms with Crippen molar-refractivity contribution in [3.05, 3.63) is 33.8 Å². The summed E-state index contributed by atoms with van der Waals surface area (Å²) in [6, 6.07) is 4.88. The third-order valence-electron chi connectivity index (χ3n) is 4.18. The van der Waals surface area contributed by atoms with E-state index in [0.717, 1.165) is 25.9 Å². The molecule has 1 atom stereocenters. The van der Waals surface area contributed by atoms with Crippen LogP contribution < -0.4 is 0 Å². The summed E-state index contributed by atoms with van der Waals surface area (Å²) in [5.41, 5.74) is 0.552. The van der Waals surface area contributed by atoms with E-state index in [-0.39, 0.29) is 11.8 Å². The van der Waals surface area contributed by atoms with Crippen LogP contribution in [0.4, 0.5) is 0 Å². The van der Waals surface area contributed by atoms with E-state index in [4.69, 9.17) is 23.2 Å². The van der Waals surface area contributed by atoms with Crippen LogP contribution in [-0.4, -0.2) is 29.8 Å². The summed E-state index contributed by atoms with van der Waals surface area (Å²) in [6.07, 6.45) is 2.27. The average Bonchev–Trinajstić information content (AvgIpc) is 2.47. The molecule has 0 saturated carbocycles. The van der Waals surface area contributed by atoms with E-state index in [1.807, 2.05) is 6.92 Å². The van der Waals surface area contributed by atoms with Crippen LogP contribution in [0.15, 0.2) is 18.2 Å². The molecule has 1 aromatic rings. The minimum Gasteiger partial charge on any atom is -0.294 e. The van der Waals surface area contributed by atoms with Crippen molar-refractivity contribution in [1.29, 1.82) is 0 Å². The molecule has 0 spiro atoms. The van der Waals surface area contributed by atoms with Gasteiger partial charge in [0.25, 0.3) is 0 Å². The number of hydrogen-bond donors (Lipinski definition) is 0. The van der Waals surface area contributed by atoms with Gasteiger partial charge >= 0.3 is 0 Å². The number of benzene rings is 1. The number of hydrogen-bond acceptors (Lipinski definition) is 2. The Bertz CT molecular complexity index is 472. The summed E-state index contributed by atoms with van der Waals surface area (Å²) in [6.45, 7) is 10.3. The molecule has 0 fully saturated rings. The monoisotopic (exact) mass is 329 g/mol. The number of likely N-dealkylation sites (N-methyl/N-ethyl adjacent to an activating group) is 1. The van der Waals surface area contributed by atoms with Gasteiger partial charge in [0.1, 0.15) is 0 Å². The number of halogens is 2. The SMILES string of the molecule is CCC(CC)CN(CC)C(C)C(=O)c1ccc(Cl)cc1Cl. The Balaban J connectivity index is 2.88. The van der Waals surface area contributed by atoms with E-state index >= 15 is 0 Å². The molecule has 0 heterocycles. The minimum absolute atomic E-state index is 0.0597. The van der Waals surface area contributed by atoms with Crippen molar-refractivity contribution in [2.24, 2.45) is 5.92 Å². The molecule has 0 aliphatic rings. The molecule has 4 heteroatoms. The smallest absolute Gasteiger partial charge is 0.181 e. The Morgan fingerprint density at radius 1 is 1.19 bits per heavy atom. The standard InChI is InChI=1S/C17H25Cl2NO/c1-5-13(6-2)11-20(7-3)12(4)17(21)15-9-8-14(18)10-16(15)19/h8-10,12-13H,5-7,11H2,1-4H3. The van der Waals surface area contributed by atoms with Crippen molar-refractivity contribution in [2.75, 3.05) is 13.1 Å². The number of ketones is 1. The maximum atomic E-state index is 12.7. The predicted molar refractivity (Wildman–Crippen MR) is 91.6 cm³/mol. The molecule has 0 saturated heterocycles. The van der Waals surface area contributed by atoms with Crippen LogP contribution in [0.3, 0.4) is 0 Å². The van der Waals surface area contributed by atoms with E-state index in [9.17, 15) is 4.79 Å². The van der Waals surface area contributed by atoms with Gasteiger partial charge in [0.05, 0.1) is 11.1 Å². The first-order chi connectivity index (χ1) is 9.94. The molecule has 0 aliphatic carbocycles. The summed E-state index contributed by atoms with van der Waals surface area (Å²) in [7, 11) is 0. The van der Waals surface area contributed by atoms with Crippen LogP contribution in [0.1, 0.15) is 50.9 Å². The molecule has 1 aromatic carbocycles. The Hall–Kier alpha value is -0.570. The van der Waals surface area contributed by atoms with Crippen LogP contribution in [-0.2, 0) is 0 Å². The molecule has 0 bridgehead atoms. The first-order valence-corrected chi connectivity index (χ1v) is 8.43. The number of rotatable bonds is 8. The van der Waals surface area contributed by atoms with Crippen molar-refractivity contribution in [1.82, 2.24) is 4.90 Å². The number of carbonyl (C=O) groups is 1. The topological polar surface area (TPSA) is 20.3 Å². The molecule has 0 aromatic heterocycles. The second-order valence-electron chi connectivity index (χ2n) is 5.43. The Kier molecular flexibility index (Phi) is 7.72. The summed E-state index contributed by atoms with van der Waals surface area (Å²) in [5, 5.41) is 0.978. The lowest BCUT2D eigenvalue weighted by Gasteiger charge is -2.30. The molecule has 0 radical (unpaired) electrons. The molecule has 118 valence electrons. The largest absolute Gasteiger partial charge is 0.294 e. The van der Waals surface area contributed by atoms with Gasteiger partial charge < -0.3 is 0 Å². The molecule has 0 N–H and O–H groups in total. The van der Waals surface area contributed by atoms with Gasteiger partial charge in [-0.2, -0.15) is 0 Å². The van der Waals surface area contributed by atoms with Gasteiger partial charge in [-0.3, -0.25) is 9.69 Å². The zero-order valence-electron chi connectivity index (χ0n) is 13.3. The third kappa shape index (κ3) is 4.98. The molecular weight excluding hydrogens is 305 g/mol. The first kappa shape index (κ1) is 18.5. The Labute approximate surface area is 138 Å².